The Bertz CT molecular complexity index is 561. The van der Waals surface area contributed by atoms with E-state index in [0.29, 0.717) is 11.4 Å². The van der Waals surface area contributed by atoms with E-state index in [-0.39, 0.29) is 0 Å². The molecule has 1 aromatic heterocycles. The third-order valence-electron chi connectivity index (χ3n) is 2.26. The van der Waals surface area contributed by atoms with Gasteiger partial charge in [0.15, 0.2) is 0 Å². The van der Waals surface area contributed by atoms with Crippen LogP contribution in [0, 0.1) is 11.3 Å². The lowest BCUT2D eigenvalue weighted by Gasteiger charge is -2.08. The van der Waals surface area contributed by atoms with E-state index in [1.165, 1.54) is 0 Å². The minimum absolute atomic E-state index is 0.510. The summed E-state index contributed by atoms with van der Waals surface area (Å²) >= 11 is 0. The molecule has 4 nitrogen and oxygen atoms in total. The normalized spacial score (nSPS) is 9.41. The Morgan fingerprint density at radius 2 is 2.18 bits per heavy atom. The Labute approximate surface area is 99.5 Å². The zero-order valence-electron chi connectivity index (χ0n) is 9.34. The Hall–Kier alpha value is -2.54. The minimum Gasteiger partial charge on any atom is -0.497 e. The first-order chi connectivity index (χ1) is 8.33. The number of methoxy groups -OCH3 is 1. The number of pyridine rings is 1. The molecule has 0 spiro atoms. The number of ether oxygens (including phenoxy) is 1. The average Bonchev–Trinajstić information content (AvgIpc) is 2.39. The topological polar surface area (TPSA) is 57.9 Å². The Balaban J connectivity index is 2.28. The molecule has 0 aliphatic carbocycles. The molecule has 84 valence electrons. The summed E-state index contributed by atoms with van der Waals surface area (Å²) in [4.78, 5) is 4.13. The van der Waals surface area contributed by atoms with Crippen LogP contribution in [-0.4, -0.2) is 12.1 Å². The smallest absolute Gasteiger partial charge is 0.148 e. The van der Waals surface area contributed by atoms with Crippen molar-refractivity contribution in [3.63, 3.8) is 0 Å². The second-order valence-electron chi connectivity index (χ2n) is 3.37. The number of anilines is 2. The quantitative estimate of drug-likeness (QED) is 0.872. The second-order valence-corrected chi connectivity index (χ2v) is 3.37. The van der Waals surface area contributed by atoms with Crippen molar-refractivity contribution in [3.05, 3.63) is 48.2 Å². The maximum Gasteiger partial charge on any atom is 0.148 e. The van der Waals surface area contributed by atoms with Crippen LogP contribution < -0.4 is 10.1 Å². The third kappa shape index (κ3) is 2.52. The Kier molecular flexibility index (Phi) is 3.22. The van der Waals surface area contributed by atoms with Gasteiger partial charge in [-0.25, -0.2) is 4.98 Å². The van der Waals surface area contributed by atoms with Gasteiger partial charge in [0.05, 0.1) is 12.7 Å². The van der Waals surface area contributed by atoms with E-state index in [1.54, 1.807) is 25.4 Å². The number of hydrogen-bond donors (Lipinski definition) is 1. The van der Waals surface area contributed by atoms with Crippen molar-refractivity contribution >= 4 is 11.5 Å². The van der Waals surface area contributed by atoms with Crippen molar-refractivity contribution in [2.75, 3.05) is 12.4 Å². The molecule has 0 radical (unpaired) electrons. The van der Waals surface area contributed by atoms with Gasteiger partial charge in [0.25, 0.3) is 0 Å². The summed E-state index contributed by atoms with van der Waals surface area (Å²) < 4.78 is 5.12. The highest BCUT2D eigenvalue weighted by atomic mass is 16.5. The van der Waals surface area contributed by atoms with Gasteiger partial charge in [-0.3, -0.25) is 0 Å². The summed E-state index contributed by atoms with van der Waals surface area (Å²) in [6.07, 6.45) is 1.64. The zero-order valence-corrected chi connectivity index (χ0v) is 9.34. The summed E-state index contributed by atoms with van der Waals surface area (Å²) in [7, 11) is 1.61. The first-order valence-corrected chi connectivity index (χ1v) is 5.09. The first kappa shape index (κ1) is 11.0. The lowest BCUT2D eigenvalue weighted by Crippen LogP contribution is -1.96. The van der Waals surface area contributed by atoms with E-state index >= 15 is 0 Å². The lowest BCUT2D eigenvalue weighted by molar-refractivity contribution is 0.415. The molecule has 17 heavy (non-hydrogen) atoms. The summed E-state index contributed by atoms with van der Waals surface area (Å²) in [6.45, 7) is 0. The summed E-state index contributed by atoms with van der Waals surface area (Å²) in [5.41, 5.74) is 1.34. The van der Waals surface area contributed by atoms with Gasteiger partial charge in [0, 0.05) is 18.0 Å². The van der Waals surface area contributed by atoms with E-state index in [9.17, 15) is 0 Å². The van der Waals surface area contributed by atoms with Crippen molar-refractivity contribution in [1.29, 1.82) is 5.26 Å². The van der Waals surface area contributed by atoms with Crippen molar-refractivity contribution < 1.29 is 4.74 Å². The molecule has 0 bridgehead atoms. The van der Waals surface area contributed by atoms with Crippen LogP contribution in [0.25, 0.3) is 0 Å². The van der Waals surface area contributed by atoms with Crippen LogP contribution in [0.15, 0.2) is 42.6 Å². The van der Waals surface area contributed by atoms with Crippen LogP contribution in [0.5, 0.6) is 5.75 Å². The third-order valence-corrected chi connectivity index (χ3v) is 2.26. The average molecular weight is 225 g/mol. The maximum absolute atomic E-state index is 8.94. The molecule has 0 unspecified atom stereocenters. The van der Waals surface area contributed by atoms with Crippen molar-refractivity contribution in [2.45, 2.75) is 0 Å². The standard InChI is InChI=1S/C13H11N3O/c1-17-12-6-2-5-11(8-12)16-13-10(9-14)4-3-7-15-13/h2-8H,1H3,(H,15,16). The molecular weight excluding hydrogens is 214 g/mol. The molecule has 1 N–H and O–H groups in total. The highest BCUT2D eigenvalue weighted by Crippen LogP contribution is 2.21. The zero-order chi connectivity index (χ0) is 12.1. The predicted molar refractivity (Wildman–Crippen MR) is 65.2 cm³/mol. The van der Waals surface area contributed by atoms with Crippen LogP contribution in [0.2, 0.25) is 0 Å². The molecular formula is C13H11N3O. The van der Waals surface area contributed by atoms with Crippen LogP contribution in [0.3, 0.4) is 0 Å². The van der Waals surface area contributed by atoms with Crippen LogP contribution in [-0.2, 0) is 0 Å². The van der Waals surface area contributed by atoms with Crippen molar-refractivity contribution in [2.24, 2.45) is 0 Å². The van der Waals surface area contributed by atoms with Crippen LogP contribution >= 0.6 is 0 Å². The molecule has 0 fully saturated rings. The van der Waals surface area contributed by atoms with Crippen molar-refractivity contribution in [1.82, 2.24) is 4.98 Å². The number of nitrogens with zero attached hydrogens (tertiary/aromatic N) is 2. The highest BCUT2D eigenvalue weighted by Gasteiger charge is 2.03. The summed E-state index contributed by atoms with van der Waals surface area (Å²) in [5, 5.41) is 12.0. The predicted octanol–water partition coefficient (Wildman–Crippen LogP) is 2.71. The number of hydrogen-bond acceptors (Lipinski definition) is 4. The highest BCUT2D eigenvalue weighted by molar-refractivity contribution is 5.63. The van der Waals surface area contributed by atoms with E-state index < -0.39 is 0 Å². The molecule has 4 heteroatoms. The minimum atomic E-state index is 0.510. The molecule has 1 aromatic carbocycles. The fraction of sp³-hybridized carbons (Fsp3) is 0.0769. The van der Waals surface area contributed by atoms with Gasteiger partial charge in [0.2, 0.25) is 0 Å². The number of aromatic nitrogens is 1. The lowest BCUT2D eigenvalue weighted by atomic mass is 10.2. The molecule has 2 aromatic rings. The summed E-state index contributed by atoms with van der Waals surface area (Å²) in [6, 6.07) is 13.0. The molecule has 2 rings (SSSR count). The SMILES string of the molecule is COc1cccc(Nc2ncccc2C#N)c1. The van der Waals surface area contributed by atoms with Gasteiger partial charge in [-0.1, -0.05) is 6.07 Å². The first-order valence-electron chi connectivity index (χ1n) is 5.09. The molecule has 0 saturated heterocycles. The number of nitrogens with one attached hydrogen (secondary N) is 1. The second kappa shape index (κ2) is 4.99. The molecule has 0 amide bonds. The molecule has 0 saturated carbocycles. The molecule has 0 atom stereocenters. The number of rotatable bonds is 3. The monoisotopic (exact) mass is 225 g/mol. The molecule has 1 heterocycles. The number of benzene rings is 1. The Morgan fingerprint density at radius 3 is 2.94 bits per heavy atom. The van der Waals surface area contributed by atoms with Gasteiger partial charge in [-0.15, -0.1) is 0 Å². The fourth-order valence-corrected chi connectivity index (χ4v) is 1.43. The van der Waals surface area contributed by atoms with Gasteiger partial charge in [-0.2, -0.15) is 5.26 Å². The molecule has 0 aliphatic rings. The van der Waals surface area contributed by atoms with Gasteiger partial charge < -0.3 is 10.1 Å². The van der Waals surface area contributed by atoms with Crippen molar-refractivity contribution in [3.8, 4) is 11.8 Å². The number of nitriles is 1. The Morgan fingerprint density at radius 1 is 1.29 bits per heavy atom. The maximum atomic E-state index is 8.94. The van der Waals surface area contributed by atoms with Gasteiger partial charge in [0.1, 0.15) is 17.6 Å². The summed E-state index contributed by atoms with van der Waals surface area (Å²) in [5.74, 6) is 1.30. The van der Waals surface area contributed by atoms with Crippen LogP contribution in [0.4, 0.5) is 11.5 Å². The van der Waals surface area contributed by atoms with Gasteiger partial charge in [-0.05, 0) is 24.3 Å². The van der Waals surface area contributed by atoms with Gasteiger partial charge >= 0.3 is 0 Å². The van der Waals surface area contributed by atoms with Crippen LogP contribution in [0.1, 0.15) is 5.56 Å². The fourth-order valence-electron chi connectivity index (χ4n) is 1.43. The van der Waals surface area contributed by atoms with E-state index in [0.717, 1.165) is 11.4 Å². The largest absolute Gasteiger partial charge is 0.497 e. The van der Waals surface area contributed by atoms with E-state index in [1.807, 2.05) is 24.3 Å². The van der Waals surface area contributed by atoms with E-state index in [2.05, 4.69) is 16.4 Å². The van der Waals surface area contributed by atoms with E-state index in [4.69, 9.17) is 10.00 Å². The molecule has 0 aliphatic heterocycles.